The zero-order valence-electron chi connectivity index (χ0n) is 15.3. The summed E-state index contributed by atoms with van der Waals surface area (Å²) in [5, 5.41) is 13.6. The summed E-state index contributed by atoms with van der Waals surface area (Å²) in [6, 6.07) is 10.2. The van der Waals surface area contributed by atoms with Crippen molar-refractivity contribution in [2.45, 2.75) is 13.3 Å². The Morgan fingerprint density at radius 1 is 1.07 bits per heavy atom. The minimum absolute atomic E-state index is 0.176. The summed E-state index contributed by atoms with van der Waals surface area (Å²) in [5.41, 5.74) is 0.635. The van der Waals surface area contributed by atoms with Crippen LogP contribution in [-0.4, -0.2) is 36.5 Å². The summed E-state index contributed by atoms with van der Waals surface area (Å²) in [6.45, 7) is 1.35. The van der Waals surface area contributed by atoms with E-state index >= 15 is 0 Å². The second-order valence-corrected chi connectivity index (χ2v) is 5.65. The second-order valence-electron chi connectivity index (χ2n) is 5.65. The van der Waals surface area contributed by atoms with Crippen molar-refractivity contribution in [3.63, 3.8) is 0 Å². The molecule has 1 N–H and O–H groups in total. The first kappa shape index (κ1) is 20.6. The number of hydrogen-bond donors (Lipinski definition) is 1. The van der Waals surface area contributed by atoms with Crippen molar-refractivity contribution in [3.8, 4) is 0 Å². The van der Waals surface area contributed by atoms with Crippen LogP contribution in [0, 0.1) is 10.1 Å². The Kier molecular flexibility index (Phi) is 6.80. The first-order valence-electron chi connectivity index (χ1n) is 8.28. The van der Waals surface area contributed by atoms with Gasteiger partial charge in [-0.2, -0.15) is 0 Å². The van der Waals surface area contributed by atoms with Crippen LogP contribution < -0.4 is 5.32 Å². The number of nitrogens with one attached hydrogen (secondary N) is 1. The number of carbonyl (C=O) groups excluding carboxylic acids is 3. The van der Waals surface area contributed by atoms with Gasteiger partial charge < -0.3 is 14.8 Å². The minimum atomic E-state index is -0.979. The standard InChI is InChI=1S/C19H18N2O7/c1-3-12-6-4-5-7-16(12)20-17(22)11-28-19(24)14-8-13(18(23)27-2)9-15(10-14)21(25)26/h4-10H,3,11H2,1-2H3,(H,20,22). The summed E-state index contributed by atoms with van der Waals surface area (Å²) in [4.78, 5) is 46.1. The Morgan fingerprint density at radius 2 is 1.71 bits per heavy atom. The highest BCUT2D eigenvalue weighted by atomic mass is 16.6. The van der Waals surface area contributed by atoms with Crippen molar-refractivity contribution in [3.05, 3.63) is 69.3 Å². The van der Waals surface area contributed by atoms with Crippen LogP contribution in [0.3, 0.4) is 0 Å². The normalized spacial score (nSPS) is 10.1. The number of esters is 2. The number of nitro groups is 1. The van der Waals surface area contributed by atoms with E-state index in [0.29, 0.717) is 12.1 Å². The zero-order chi connectivity index (χ0) is 20.7. The van der Waals surface area contributed by atoms with Gasteiger partial charge in [-0.05, 0) is 24.1 Å². The molecule has 0 fully saturated rings. The molecule has 0 aliphatic rings. The van der Waals surface area contributed by atoms with Gasteiger partial charge in [0, 0.05) is 17.8 Å². The number of aryl methyl sites for hydroxylation is 1. The number of nitrogens with zero attached hydrogens (tertiary/aromatic N) is 1. The van der Waals surface area contributed by atoms with Crippen LogP contribution in [0.15, 0.2) is 42.5 Å². The molecule has 0 saturated carbocycles. The minimum Gasteiger partial charge on any atom is -0.465 e. The molecule has 9 nitrogen and oxygen atoms in total. The van der Waals surface area contributed by atoms with Crippen LogP contribution in [0.25, 0.3) is 0 Å². The Bertz CT molecular complexity index is 924. The molecule has 2 rings (SSSR count). The number of anilines is 1. The first-order chi connectivity index (χ1) is 13.3. The predicted octanol–water partition coefficient (Wildman–Crippen LogP) is 2.74. The highest BCUT2D eigenvalue weighted by Crippen LogP contribution is 2.19. The first-order valence-corrected chi connectivity index (χ1v) is 8.28. The molecule has 0 unspecified atom stereocenters. The van der Waals surface area contributed by atoms with Crippen LogP contribution in [0.2, 0.25) is 0 Å². The van der Waals surface area contributed by atoms with E-state index in [9.17, 15) is 24.5 Å². The molecule has 0 radical (unpaired) electrons. The van der Waals surface area contributed by atoms with Gasteiger partial charge in [0.1, 0.15) is 0 Å². The average molecular weight is 386 g/mol. The quantitative estimate of drug-likeness (QED) is 0.440. The molecular formula is C19H18N2O7. The number of rotatable bonds is 7. The van der Waals surface area contributed by atoms with Gasteiger partial charge >= 0.3 is 11.9 Å². The van der Waals surface area contributed by atoms with E-state index in [2.05, 4.69) is 10.1 Å². The lowest BCUT2D eigenvalue weighted by atomic mass is 10.1. The predicted molar refractivity (Wildman–Crippen MR) is 99.2 cm³/mol. The van der Waals surface area contributed by atoms with Crippen molar-refractivity contribution >= 4 is 29.2 Å². The number of benzene rings is 2. The van der Waals surface area contributed by atoms with Crippen molar-refractivity contribution in [1.82, 2.24) is 0 Å². The fraction of sp³-hybridized carbons (Fsp3) is 0.211. The van der Waals surface area contributed by atoms with Gasteiger partial charge in [-0.25, -0.2) is 9.59 Å². The monoisotopic (exact) mass is 386 g/mol. The molecule has 0 aromatic heterocycles. The lowest BCUT2D eigenvalue weighted by Gasteiger charge is -2.10. The third kappa shape index (κ3) is 5.13. The van der Waals surface area contributed by atoms with Gasteiger partial charge in [0.15, 0.2) is 6.61 Å². The summed E-state index contributed by atoms with van der Waals surface area (Å²) in [7, 11) is 1.11. The molecule has 9 heteroatoms. The molecule has 0 spiro atoms. The highest BCUT2D eigenvalue weighted by molar-refractivity contribution is 5.98. The molecule has 2 aromatic rings. The third-order valence-electron chi connectivity index (χ3n) is 3.79. The van der Waals surface area contributed by atoms with Crippen molar-refractivity contribution in [2.24, 2.45) is 0 Å². The molecule has 146 valence electrons. The number of hydrogen-bond acceptors (Lipinski definition) is 7. The topological polar surface area (TPSA) is 125 Å². The van der Waals surface area contributed by atoms with Gasteiger partial charge in [0.2, 0.25) is 0 Å². The van der Waals surface area contributed by atoms with Crippen molar-refractivity contribution < 1.29 is 28.8 Å². The SMILES string of the molecule is CCc1ccccc1NC(=O)COC(=O)c1cc(C(=O)OC)cc([N+](=O)[O-])c1. The molecule has 1 amide bonds. The van der Waals surface area contributed by atoms with Gasteiger partial charge in [-0.1, -0.05) is 25.1 Å². The van der Waals surface area contributed by atoms with Crippen LogP contribution in [0.1, 0.15) is 33.2 Å². The molecular weight excluding hydrogens is 368 g/mol. The maximum Gasteiger partial charge on any atom is 0.338 e. The maximum absolute atomic E-state index is 12.2. The fourth-order valence-corrected chi connectivity index (χ4v) is 2.42. The van der Waals surface area contributed by atoms with Crippen LogP contribution in [-0.2, 0) is 20.7 Å². The fourth-order valence-electron chi connectivity index (χ4n) is 2.42. The molecule has 28 heavy (non-hydrogen) atoms. The number of methoxy groups -OCH3 is 1. The highest BCUT2D eigenvalue weighted by Gasteiger charge is 2.20. The van der Waals surface area contributed by atoms with Gasteiger partial charge in [-0.3, -0.25) is 14.9 Å². The zero-order valence-corrected chi connectivity index (χ0v) is 15.3. The van der Waals surface area contributed by atoms with Gasteiger partial charge in [0.25, 0.3) is 11.6 Å². The summed E-state index contributed by atoms with van der Waals surface area (Å²) in [5.74, 6) is -2.38. The summed E-state index contributed by atoms with van der Waals surface area (Å²) >= 11 is 0. The van der Waals surface area contributed by atoms with Gasteiger partial charge in [-0.15, -0.1) is 0 Å². The van der Waals surface area contributed by atoms with E-state index in [0.717, 1.165) is 30.9 Å². The largest absolute Gasteiger partial charge is 0.465 e. The molecule has 0 bridgehead atoms. The Balaban J connectivity index is 2.10. The Hall–Kier alpha value is -3.75. The smallest absolute Gasteiger partial charge is 0.338 e. The molecule has 0 aliphatic heterocycles. The van der Waals surface area contributed by atoms with Crippen molar-refractivity contribution in [2.75, 3.05) is 19.0 Å². The molecule has 0 aliphatic carbocycles. The van der Waals surface area contributed by atoms with Gasteiger partial charge in [0.05, 0.1) is 23.2 Å². The number of ether oxygens (including phenoxy) is 2. The van der Waals surface area contributed by atoms with Crippen LogP contribution in [0.5, 0.6) is 0 Å². The molecule has 2 aromatic carbocycles. The number of nitro benzene ring substituents is 1. The number of para-hydroxylation sites is 1. The Morgan fingerprint density at radius 3 is 2.32 bits per heavy atom. The van der Waals surface area contributed by atoms with Crippen LogP contribution in [0.4, 0.5) is 11.4 Å². The van der Waals surface area contributed by atoms with Crippen molar-refractivity contribution in [1.29, 1.82) is 0 Å². The third-order valence-corrected chi connectivity index (χ3v) is 3.79. The van der Waals surface area contributed by atoms with E-state index in [-0.39, 0.29) is 11.1 Å². The molecule has 0 saturated heterocycles. The average Bonchev–Trinajstić information content (AvgIpc) is 2.71. The van der Waals surface area contributed by atoms with E-state index in [1.807, 2.05) is 19.1 Å². The maximum atomic E-state index is 12.2. The second kappa shape index (κ2) is 9.26. The van der Waals surface area contributed by atoms with Crippen LogP contribution >= 0.6 is 0 Å². The Labute approximate surface area is 160 Å². The lowest BCUT2D eigenvalue weighted by molar-refractivity contribution is -0.384. The summed E-state index contributed by atoms with van der Waals surface area (Å²) < 4.78 is 9.43. The molecule has 0 atom stereocenters. The lowest BCUT2D eigenvalue weighted by Crippen LogP contribution is -2.21. The van der Waals surface area contributed by atoms with E-state index in [4.69, 9.17) is 4.74 Å². The number of non-ortho nitro benzene ring substituents is 1. The molecule has 0 heterocycles. The summed E-state index contributed by atoms with van der Waals surface area (Å²) in [6.07, 6.45) is 0.709. The number of amides is 1. The van der Waals surface area contributed by atoms with E-state index in [1.165, 1.54) is 0 Å². The van der Waals surface area contributed by atoms with E-state index < -0.39 is 35.1 Å². The number of carbonyl (C=O) groups is 3. The van der Waals surface area contributed by atoms with E-state index in [1.54, 1.807) is 12.1 Å².